The molecule has 2 fully saturated rings. The molecule has 16 heavy (non-hydrogen) atoms. The molecule has 3 nitrogen and oxygen atoms in total. The third-order valence-electron chi connectivity index (χ3n) is 4.42. The normalized spacial score (nSPS) is 43.6. The molecule has 1 amide bonds. The van der Waals surface area contributed by atoms with Gasteiger partial charge in [0.1, 0.15) is 6.10 Å². The van der Waals surface area contributed by atoms with Crippen molar-refractivity contribution < 1.29 is 9.53 Å². The van der Waals surface area contributed by atoms with Gasteiger partial charge in [-0.25, -0.2) is 4.79 Å². The van der Waals surface area contributed by atoms with Crippen LogP contribution in [0.2, 0.25) is 0 Å². The minimum absolute atomic E-state index is 0.130. The Bertz CT molecular complexity index is 277. The number of hydrogen-bond donors (Lipinski definition) is 1. The van der Waals surface area contributed by atoms with Crippen molar-refractivity contribution in [1.29, 1.82) is 0 Å². The van der Waals surface area contributed by atoms with E-state index in [9.17, 15) is 4.79 Å². The molecule has 92 valence electrons. The predicted octanol–water partition coefficient (Wildman–Crippen LogP) is 2.66. The highest BCUT2D eigenvalue weighted by atomic mass is 16.6. The van der Waals surface area contributed by atoms with E-state index >= 15 is 0 Å². The molecule has 0 aromatic heterocycles. The number of rotatable bonds is 1. The van der Waals surface area contributed by atoms with Gasteiger partial charge in [-0.2, -0.15) is 0 Å². The van der Waals surface area contributed by atoms with Crippen LogP contribution in [0.1, 0.15) is 34.1 Å². The molecule has 2 aliphatic rings. The Morgan fingerprint density at radius 1 is 1.31 bits per heavy atom. The summed E-state index contributed by atoms with van der Waals surface area (Å²) in [4.78, 5) is 11.5. The second-order valence-electron chi connectivity index (χ2n) is 5.93. The SMILES string of the molecule is CC(C)C1CNC(=O)OC2C(C)CC(C)C12. The summed E-state index contributed by atoms with van der Waals surface area (Å²) in [6, 6.07) is 0. The number of fused-ring (bicyclic) bond motifs is 1. The third-order valence-corrected chi connectivity index (χ3v) is 4.42. The summed E-state index contributed by atoms with van der Waals surface area (Å²) >= 11 is 0. The van der Waals surface area contributed by atoms with Crippen LogP contribution in [0.3, 0.4) is 0 Å². The number of amides is 1. The van der Waals surface area contributed by atoms with Gasteiger partial charge in [0.2, 0.25) is 0 Å². The van der Waals surface area contributed by atoms with Crippen LogP contribution in [0.15, 0.2) is 0 Å². The van der Waals surface area contributed by atoms with Gasteiger partial charge in [0, 0.05) is 12.5 Å². The Labute approximate surface area is 97.9 Å². The fraction of sp³-hybridized carbons (Fsp3) is 0.923. The molecule has 1 aliphatic heterocycles. The van der Waals surface area contributed by atoms with Crippen molar-refractivity contribution in [2.75, 3.05) is 6.54 Å². The summed E-state index contributed by atoms with van der Waals surface area (Å²) in [6.07, 6.45) is 1.09. The first-order valence-electron chi connectivity index (χ1n) is 6.45. The molecule has 1 heterocycles. The molecule has 2 rings (SSSR count). The highest BCUT2D eigenvalue weighted by molar-refractivity contribution is 5.67. The highest BCUT2D eigenvalue weighted by Gasteiger charge is 2.47. The molecule has 0 spiro atoms. The van der Waals surface area contributed by atoms with Crippen molar-refractivity contribution in [3.05, 3.63) is 0 Å². The highest BCUT2D eigenvalue weighted by Crippen LogP contribution is 2.45. The lowest BCUT2D eigenvalue weighted by Gasteiger charge is -2.31. The number of alkyl carbamates (subject to hydrolysis) is 1. The molecule has 1 N–H and O–H groups in total. The smallest absolute Gasteiger partial charge is 0.407 e. The first-order valence-corrected chi connectivity index (χ1v) is 6.45. The largest absolute Gasteiger partial charge is 0.446 e. The lowest BCUT2D eigenvalue weighted by Crippen LogP contribution is -2.34. The minimum atomic E-state index is -0.223. The molecule has 0 aromatic rings. The Hall–Kier alpha value is -0.730. The standard InChI is InChI=1S/C13H23NO2/c1-7(2)10-6-14-13(15)16-12-9(4)5-8(3)11(10)12/h7-12H,5-6H2,1-4H3,(H,14,15). The van der Waals surface area contributed by atoms with Crippen LogP contribution >= 0.6 is 0 Å². The van der Waals surface area contributed by atoms with E-state index in [1.807, 2.05) is 0 Å². The quantitative estimate of drug-likeness (QED) is 0.745. The number of hydrogen-bond acceptors (Lipinski definition) is 2. The zero-order chi connectivity index (χ0) is 11.9. The van der Waals surface area contributed by atoms with Crippen molar-refractivity contribution in [2.45, 2.75) is 40.2 Å². The average Bonchev–Trinajstić information content (AvgIpc) is 2.38. The molecule has 0 bridgehead atoms. The van der Waals surface area contributed by atoms with Crippen LogP contribution in [0, 0.1) is 29.6 Å². The van der Waals surface area contributed by atoms with Gasteiger partial charge in [0.15, 0.2) is 0 Å². The van der Waals surface area contributed by atoms with Gasteiger partial charge in [-0.15, -0.1) is 0 Å². The van der Waals surface area contributed by atoms with E-state index in [2.05, 4.69) is 33.0 Å². The van der Waals surface area contributed by atoms with Gasteiger partial charge >= 0.3 is 6.09 Å². The molecule has 5 unspecified atom stereocenters. The zero-order valence-electron chi connectivity index (χ0n) is 10.7. The number of carbonyl (C=O) groups excluding carboxylic acids is 1. The molecule has 1 aliphatic carbocycles. The van der Waals surface area contributed by atoms with Crippen LogP contribution in [0.4, 0.5) is 4.79 Å². The van der Waals surface area contributed by atoms with Gasteiger partial charge in [-0.05, 0) is 30.1 Å². The van der Waals surface area contributed by atoms with E-state index < -0.39 is 0 Å². The van der Waals surface area contributed by atoms with E-state index in [1.165, 1.54) is 6.42 Å². The van der Waals surface area contributed by atoms with E-state index in [1.54, 1.807) is 0 Å². The van der Waals surface area contributed by atoms with E-state index in [-0.39, 0.29) is 12.2 Å². The molecule has 3 heteroatoms. The average molecular weight is 225 g/mol. The topological polar surface area (TPSA) is 38.3 Å². The minimum Gasteiger partial charge on any atom is -0.446 e. The predicted molar refractivity (Wildman–Crippen MR) is 63.0 cm³/mol. The first kappa shape index (κ1) is 11.7. The van der Waals surface area contributed by atoms with Gasteiger partial charge in [0.05, 0.1) is 0 Å². The summed E-state index contributed by atoms with van der Waals surface area (Å²) in [5.74, 6) is 2.86. The van der Waals surface area contributed by atoms with E-state index in [0.717, 1.165) is 6.54 Å². The van der Waals surface area contributed by atoms with Gasteiger partial charge in [-0.1, -0.05) is 27.7 Å². The summed E-state index contributed by atoms with van der Waals surface area (Å²) in [7, 11) is 0. The molecule has 0 radical (unpaired) electrons. The molecule has 1 saturated carbocycles. The lowest BCUT2D eigenvalue weighted by molar-refractivity contribution is 0.0409. The second-order valence-corrected chi connectivity index (χ2v) is 5.93. The fourth-order valence-electron chi connectivity index (χ4n) is 3.62. The van der Waals surface area contributed by atoms with Crippen molar-refractivity contribution >= 4 is 6.09 Å². The maximum atomic E-state index is 11.5. The van der Waals surface area contributed by atoms with Crippen LogP contribution in [0.5, 0.6) is 0 Å². The summed E-state index contributed by atoms with van der Waals surface area (Å²) in [5, 5.41) is 2.88. The number of nitrogens with one attached hydrogen (secondary N) is 1. The Kier molecular flexibility index (Phi) is 3.13. The number of carbonyl (C=O) groups is 1. The summed E-state index contributed by atoms with van der Waals surface area (Å²) in [6.45, 7) is 9.77. The first-order chi connectivity index (χ1) is 7.50. The fourth-order valence-corrected chi connectivity index (χ4v) is 3.62. The van der Waals surface area contributed by atoms with Crippen LogP contribution in [-0.4, -0.2) is 18.7 Å². The van der Waals surface area contributed by atoms with E-state index in [0.29, 0.717) is 29.6 Å². The van der Waals surface area contributed by atoms with Crippen LogP contribution in [0.25, 0.3) is 0 Å². The Balaban J connectivity index is 2.25. The Morgan fingerprint density at radius 2 is 2.00 bits per heavy atom. The van der Waals surface area contributed by atoms with Crippen molar-refractivity contribution in [2.24, 2.45) is 29.6 Å². The van der Waals surface area contributed by atoms with Crippen molar-refractivity contribution in [3.63, 3.8) is 0 Å². The monoisotopic (exact) mass is 225 g/mol. The van der Waals surface area contributed by atoms with Crippen molar-refractivity contribution in [3.8, 4) is 0 Å². The molecular formula is C13H23NO2. The maximum absolute atomic E-state index is 11.5. The van der Waals surface area contributed by atoms with Crippen LogP contribution < -0.4 is 5.32 Å². The maximum Gasteiger partial charge on any atom is 0.407 e. The summed E-state index contributed by atoms with van der Waals surface area (Å²) in [5.41, 5.74) is 0. The third kappa shape index (κ3) is 1.92. The van der Waals surface area contributed by atoms with Crippen molar-refractivity contribution in [1.82, 2.24) is 5.32 Å². The molecule has 1 saturated heterocycles. The Morgan fingerprint density at radius 3 is 2.62 bits per heavy atom. The van der Waals surface area contributed by atoms with E-state index in [4.69, 9.17) is 4.74 Å². The van der Waals surface area contributed by atoms with Gasteiger partial charge in [-0.3, -0.25) is 0 Å². The second kappa shape index (κ2) is 4.27. The molecule has 0 aromatic carbocycles. The van der Waals surface area contributed by atoms with Gasteiger partial charge in [0.25, 0.3) is 0 Å². The summed E-state index contributed by atoms with van der Waals surface area (Å²) < 4.78 is 5.55. The lowest BCUT2D eigenvalue weighted by atomic mass is 9.77. The zero-order valence-corrected chi connectivity index (χ0v) is 10.7. The molecule has 5 atom stereocenters. The van der Waals surface area contributed by atoms with Crippen LogP contribution in [-0.2, 0) is 4.74 Å². The number of ether oxygens (including phenoxy) is 1. The van der Waals surface area contributed by atoms with Gasteiger partial charge < -0.3 is 10.1 Å². The molecular weight excluding hydrogens is 202 g/mol.